The van der Waals surface area contributed by atoms with Gasteiger partial charge in [0.05, 0.1) is 0 Å². The number of carbonyl (C=O) groups excluding carboxylic acids is 1. The highest BCUT2D eigenvalue weighted by Gasteiger charge is 2.33. The Morgan fingerprint density at radius 3 is 2.05 bits per heavy atom. The summed E-state index contributed by atoms with van der Waals surface area (Å²) in [6.07, 6.45) is 0.797. The summed E-state index contributed by atoms with van der Waals surface area (Å²) in [4.78, 5) is 11.6. The van der Waals surface area contributed by atoms with E-state index >= 15 is 0 Å². The van der Waals surface area contributed by atoms with Crippen LogP contribution in [0.5, 0.6) is 0 Å². The average Bonchev–Trinajstić information content (AvgIpc) is 2.38. The SMILES string of the molecule is O=CC(Br)(c1ccc(Cl)cc1)c1ccc(Cl)cc1Cl. The van der Waals surface area contributed by atoms with Crippen molar-refractivity contribution in [3.8, 4) is 0 Å². The van der Waals surface area contributed by atoms with Crippen molar-refractivity contribution in [2.24, 2.45) is 0 Å². The van der Waals surface area contributed by atoms with Gasteiger partial charge in [0, 0.05) is 15.1 Å². The number of hydrogen-bond acceptors (Lipinski definition) is 1. The quantitative estimate of drug-likeness (QED) is 0.510. The Bertz CT molecular complexity index is 613. The number of rotatable bonds is 3. The molecule has 0 radical (unpaired) electrons. The van der Waals surface area contributed by atoms with E-state index in [1.54, 1.807) is 42.5 Å². The van der Waals surface area contributed by atoms with Gasteiger partial charge in [0.1, 0.15) is 10.6 Å². The third kappa shape index (κ3) is 2.97. The van der Waals surface area contributed by atoms with Gasteiger partial charge in [-0.1, -0.05) is 68.9 Å². The summed E-state index contributed by atoms with van der Waals surface area (Å²) in [6, 6.07) is 12.0. The molecule has 0 heterocycles. The van der Waals surface area contributed by atoms with Crippen molar-refractivity contribution in [2.45, 2.75) is 4.32 Å². The smallest absolute Gasteiger partial charge is 0.145 e. The fourth-order valence-electron chi connectivity index (χ4n) is 1.76. The molecule has 2 rings (SSSR count). The van der Waals surface area contributed by atoms with Crippen molar-refractivity contribution >= 4 is 57.0 Å². The highest BCUT2D eigenvalue weighted by Crippen LogP contribution is 2.41. The Balaban J connectivity index is 2.59. The van der Waals surface area contributed by atoms with Gasteiger partial charge >= 0.3 is 0 Å². The Kier molecular flexibility index (Phi) is 4.57. The fourth-order valence-corrected chi connectivity index (χ4v) is 3.17. The van der Waals surface area contributed by atoms with Crippen LogP contribution in [0.3, 0.4) is 0 Å². The third-order valence-electron chi connectivity index (χ3n) is 2.75. The number of alkyl halides is 1. The molecule has 0 spiro atoms. The first-order valence-corrected chi connectivity index (χ1v) is 7.27. The molecule has 0 aliphatic heterocycles. The van der Waals surface area contributed by atoms with Crippen LogP contribution in [-0.4, -0.2) is 6.29 Å². The first kappa shape index (κ1) is 14.9. The molecule has 0 N–H and O–H groups in total. The summed E-state index contributed by atoms with van der Waals surface area (Å²) in [5, 5.41) is 1.55. The van der Waals surface area contributed by atoms with Gasteiger partial charge in [0.15, 0.2) is 0 Å². The molecule has 1 unspecified atom stereocenters. The van der Waals surface area contributed by atoms with Crippen LogP contribution in [0.1, 0.15) is 11.1 Å². The maximum Gasteiger partial charge on any atom is 0.145 e. The van der Waals surface area contributed by atoms with Crippen molar-refractivity contribution < 1.29 is 4.79 Å². The van der Waals surface area contributed by atoms with Crippen LogP contribution in [0, 0.1) is 0 Å². The maximum absolute atomic E-state index is 11.6. The lowest BCUT2D eigenvalue weighted by molar-refractivity contribution is -0.109. The molecule has 98 valence electrons. The Hall–Kier alpha value is -0.540. The number of carbonyl (C=O) groups is 1. The molecule has 0 aliphatic carbocycles. The van der Waals surface area contributed by atoms with Gasteiger partial charge in [0.2, 0.25) is 0 Å². The van der Waals surface area contributed by atoms with Crippen LogP contribution >= 0.6 is 50.7 Å². The standard InChI is InChI=1S/C14H8BrCl3O/c15-14(8-19,9-1-3-10(16)4-2-9)12-6-5-11(17)7-13(12)18/h1-8H. The molecule has 0 aliphatic rings. The molecule has 0 saturated carbocycles. The number of halogens is 4. The zero-order valence-corrected chi connectivity index (χ0v) is 13.4. The Morgan fingerprint density at radius 2 is 1.53 bits per heavy atom. The molecule has 5 heteroatoms. The molecule has 1 nitrogen and oxygen atoms in total. The molecule has 0 bridgehead atoms. The predicted molar refractivity (Wildman–Crippen MR) is 83.7 cm³/mol. The van der Waals surface area contributed by atoms with Crippen LogP contribution < -0.4 is 0 Å². The van der Waals surface area contributed by atoms with Crippen LogP contribution in [0.25, 0.3) is 0 Å². The molecule has 0 amide bonds. The molecular formula is C14H8BrCl3O. The first-order chi connectivity index (χ1) is 8.97. The minimum atomic E-state index is -1.01. The minimum absolute atomic E-state index is 0.423. The first-order valence-electron chi connectivity index (χ1n) is 5.34. The predicted octanol–water partition coefficient (Wildman–Crippen LogP) is 5.48. The zero-order chi connectivity index (χ0) is 14.0. The number of hydrogen-bond donors (Lipinski definition) is 0. The van der Waals surface area contributed by atoms with Gasteiger partial charge in [0.25, 0.3) is 0 Å². The van der Waals surface area contributed by atoms with Crippen molar-refractivity contribution in [2.75, 3.05) is 0 Å². The second-order valence-corrected chi connectivity index (χ2v) is 6.49. The maximum atomic E-state index is 11.6. The second kappa shape index (κ2) is 5.84. The highest BCUT2D eigenvalue weighted by atomic mass is 79.9. The van der Waals surface area contributed by atoms with Gasteiger partial charge in [-0.25, -0.2) is 0 Å². The molecule has 19 heavy (non-hydrogen) atoms. The van der Waals surface area contributed by atoms with E-state index in [0.717, 1.165) is 11.8 Å². The summed E-state index contributed by atoms with van der Waals surface area (Å²) in [5.74, 6) is 0. The number of benzene rings is 2. The van der Waals surface area contributed by atoms with Crippen LogP contribution in [0.15, 0.2) is 42.5 Å². The third-order valence-corrected chi connectivity index (χ3v) is 4.62. The highest BCUT2D eigenvalue weighted by molar-refractivity contribution is 9.10. The van der Waals surface area contributed by atoms with Gasteiger partial charge in [-0.05, 0) is 35.4 Å². The molecule has 0 saturated heterocycles. The molecule has 0 aromatic heterocycles. The Morgan fingerprint density at radius 1 is 0.947 bits per heavy atom. The largest absolute Gasteiger partial charge is 0.301 e. The van der Waals surface area contributed by atoms with Gasteiger partial charge in [-0.2, -0.15) is 0 Å². The van der Waals surface area contributed by atoms with Crippen LogP contribution in [0.2, 0.25) is 15.1 Å². The number of aldehydes is 1. The lowest BCUT2D eigenvalue weighted by atomic mass is 9.92. The van der Waals surface area contributed by atoms with E-state index in [-0.39, 0.29) is 0 Å². The summed E-state index contributed by atoms with van der Waals surface area (Å²) in [7, 11) is 0. The lowest BCUT2D eigenvalue weighted by Gasteiger charge is -2.23. The van der Waals surface area contributed by atoms with E-state index in [0.29, 0.717) is 20.6 Å². The topological polar surface area (TPSA) is 17.1 Å². The summed E-state index contributed by atoms with van der Waals surface area (Å²) in [6.45, 7) is 0. The van der Waals surface area contributed by atoms with Crippen LogP contribution in [0.4, 0.5) is 0 Å². The molecule has 2 aromatic rings. The minimum Gasteiger partial charge on any atom is -0.301 e. The van der Waals surface area contributed by atoms with E-state index in [2.05, 4.69) is 15.9 Å². The van der Waals surface area contributed by atoms with E-state index in [1.807, 2.05) is 0 Å². The normalized spacial score (nSPS) is 13.9. The zero-order valence-electron chi connectivity index (χ0n) is 9.54. The average molecular weight is 378 g/mol. The van der Waals surface area contributed by atoms with E-state index in [1.165, 1.54) is 0 Å². The second-order valence-electron chi connectivity index (χ2n) is 3.96. The van der Waals surface area contributed by atoms with E-state index < -0.39 is 4.32 Å². The summed E-state index contributed by atoms with van der Waals surface area (Å²) in [5.41, 5.74) is 1.38. The fraction of sp³-hybridized carbons (Fsp3) is 0.0714. The monoisotopic (exact) mass is 376 g/mol. The Labute approximate surface area is 134 Å². The van der Waals surface area contributed by atoms with Crippen molar-refractivity contribution in [1.29, 1.82) is 0 Å². The molecule has 2 aromatic carbocycles. The van der Waals surface area contributed by atoms with Gasteiger partial charge in [-0.15, -0.1) is 0 Å². The van der Waals surface area contributed by atoms with Crippen molar-refractivity contribution in [3.63, 3.8) is 0 Å². The van der Waals surface area contributed by atoms with Crippen molar-refractivity contribution in [1.82, 2.24) is 0 Å². The van der Waals surface area contributed by atoms with Gasteiger partial charge in [-0.3, -0.25) is 0 Å². The molecule has 0 fully saturated rings. The summed E-state index contributed by atoms with van der Waals surface area (Å²) >= 11 is 21.4. The van der Waals surface area contributed by atoms with Crippen molar-refractivity contribution in [3.05, 3.63) is 68.7 Å². The lowest BCUT2D eigenvalue weighted by Crippen LogP contribution is -2.22. The van der Waals surface area contributed by atoms with E-state index in [9.17, 15) is 4.79 Å². The van der Waals surface area contributed by atoms with Gasteiger partial charge < -0.3 is 4.79 Å². The van der Waals surface area contributed by atoms with E-state index in [4.69, 9.17) is 34.8 Å². The molecule has 1 atom stereocenters. The van der Waals surface area contributed by atoms with Crippen LogP contribution in [-0.2, 0) is 9.12 Å². The molecular weight excluding hydrogens is 370 g/mol. The summed E-state index contributed by atoms with van der Waals surface area (Å²) < 4.78 is -1.01.